The predicted molar refractivity (Wildman–Crippen MR) is 125 cm³/mol. The van der Waals surface area contributed by atoms with E-state index in [4.69, 9.17) is 13.9 Å². The molecular formula is C25H26N4O4. The van der Waals surface area contributed by atoms with E-state index in [-0.39, 0.29) is 5.97 Å². The number of anilines is 1. The van der Waals surface area contributed by atoms with E-state index in [1.807, 2.05) is 38.1 Å². The van der Waals surface area contributed by atoms with Crippen LogP contribution >= 0.6 is 0 Å². The third kappa shape index (κ3) is 6.28. The Hall–Kier alpha value is -3.96. The molecule has 3 aromatic rings. The number of methoxy groups -OCH3 is 1. The zero-order chi connectivity index (χ0) is 23.6. The topological polar surface area (TPSA) is 110 Å². The SMILES string of the molecule is CCCCOC(=O)c1ccc(-c2ccc(/C=N\Nc3nc(C)cc(COC)c3C#N)o2)cc1. The number of hydrogen-bond acceptors (Lipinski definition) is 8. The summed E-state index contributed by atoms with van der Waals surface area (Å²) in [5.41, 5.74) is 6.00. The Morgan fingerprint density at radius 1 is 1.27 bits per heavy atom. The molecule has 0 saturated heterocycles. The molecule has 2 aromatic heterocycles. The molecule has 1 N–H and O–H groups in total. The van der Waals surface area contributed by atoms with E-state index in [1.165, 1.54) is 6.21 Å². The Bertz CT molecular complexity index is 1160. The summed E-state index contributed by atoms with van der Waals surface area (Å²) in [6.45, 7) is 4.61. The number of nitrogens with one attached hydrogen (secondary N) is 1. The first kappa shape index (κ1) is 23.7. The van der Waals surface area contributed by atoms with Crippen LogP contribution in [0.15, 0.2) is 52.0 Å². The van der Waals surface area contributed by atoms with Crippen molar-refractivity contribution in [2.75, 3.05) is 19.1 Å². The number of carbonyl (C=O) groups is 1. The second-order valence-electron chi connectivity index (χ2n) is 7.33. The van der Waals surface area contributed by atoms with Gasteiger partial charge in [-0.25, -0.2) is 9.78 Å². The fourth-order valence-corrected chi connectivity index (χ4v) is 3.11. The molecule has 33 heavy (non-hydrogen) atoms. The van der Waals surface area contributed by atoms with Crippen molar-refractivity contribution >= 4 is 18.0 Å². The van der Waals surface area contributed by atoms with Gasteiger partial charge in [0, 0.05) is 23.9 Å². The minimum absolute atomic E-state index is 0.307. The van der Waals surface area contributed by atoms with Gasteiger partial charge in [0.2, 0.25) is 0 Å². The van der Waals surface area contributed by atoms with Crippen molar-refractivity contribution in [1.29, 1.82) is 5.26 Å². The number of carbonyl (C=O) groups excluding carboxylic acids is 1. The first-order chi connectivity index (χ1) is 16.0. The molecule has 1 aromatic carbocycles. The summed E-state index contributed by atoms with van der Waals surface area (Å²) >= 11 is 0. The van der Waals surface area contributed by atoms with Crippen LogP contribution < -0.4 is 5.43 Å². The normalized spacial score (nSPS) is 10.8. The van der Waals surface area contributed by atoms with E-state index in [2.05, 4.69) is 21.6 Å². The van der Waals surface area contributed by atoms with Crippen LogP contribution in [-0.4, -0.2) is 30.9 Å². The Morgan fingerprint density at radius 3 is 2.76 bits per heavy atom. The highest BCUT2D eigenvalue weighted by molar-refractivity contribution is 5.90. The summed E-state index contributed by atoms with van der Waals surface area (Å²) in [5.74, 6) is 1.18. The molecule has 0 radical (unpaired) electrons. The number of rotatable bonds is 10. The van der Waals surface area contributed by atoms with Crippen molar-refractivity contribution in [2.45, 2.75) is 33.3 Å². The molecule has 170 valence electrons. The lowest BCUT2D eigenvalue weighted by Gasteiger charge is -2.08. The average molecular weight is 447 g/mol. The molecule has 0 saturated carbocycles. The number of nitriles is 1. The number of unbranched alkanes of at least 4 members (excludes halogenated alkanes) is 1. The minimum Gasteiger partial charge on any atom is -0.462 e. The summed E-state index contributed by atoms with van der Waals surface area (Å²) in [6.07, 6.45) is 3.33. The first-order valence-electron chi connectivity index (χ1n) is 10.6. The van der Waals surface area contributed by atoms with Crippen LogP contribution in [0.3, 0.4) is 0 Å². The maximum atomic E-state index is 12.0. The van der Waals surface area contributed by atoms with E-state index in [0.29, 0.717) is 41.7 Å². The number of ether oxygens (including phenoxy) is 2. The zero-order valence-corrected chi connectivity index (χ0v) is 18.9. The van der Waals surface area contributed by atoms with Gasteiger partial charge >= 0.3 is 5.97 Å². The Balaban J connectivity index is 1.67. The minimum atomic E-state index is -0.330. The smallest absolute Gasteiger partial charge is 0.338 e. The number of esters is 1. The quantitative estimate of drug-likeness (QED) is 0.200. The van der Waals surface area contributed by atoms with Crippen molar-refractivity contribution in [3.63, 3.8) is 0 Å². The zero-order valence-electron chi connectivity index (χ0n) is 18.9. The van der Waals surface area contributed by atoms with Crippen LogP contribution in [0, 0.1) is 18.3 Å². The molecular weight excluding hydrogens is 420 g/mol. The highest BCUT2D eigenvalue weighted by atomic mass is 16.5. The standard InChI is InChI=1S/C25H26N4O4/c1-4-5-12-32-25(30)19-8-6-18(7-9-19)23-11-10-21(33-23)15-27-29-24-22(14-26)20(16-31-3)13-17(2)28-24/h6-11,13,15H,4-5,12,16H2,1-3H3,(H,28,29)/b27-15-. The van der Waals surface area contributed by atoms with Crippen LogP contribution in [0.5, 0.6) is 0 Å². The molecule has 2 heterocycles. The maximum Gasteiger partial charge on any atom is 0.338 e. The molecule has 0 unspecified atom stereocenters. The largest absolute Gasteiger partial charge is 0.462 e. The van der Waals surface area contributed by atoms with Crippen molar-refractivity contribution in [2.24, 2.45) is 5.10 Å². The van der Waals surface area contributed by atoms with E-state index < -0.39 is 0 Å². The monoisotopic (exact) mass is 446 g/mol. The van der Waals surface area contributed by atoms with Gasteiger partial charge in [0.1, 0.15) is 23.2 Å². The summed E-state index contributed by atoms with van der Waals surface area (Å²) in [6, 6.07) is 14.6. The second-order valence-corrected chi connectivity index (χ2v) is 7.33. The summed E-state index contributed by atoms with van der Waals surface area (Å²) in [7, 11) is 1.57. The van der Waals surface area contributed by atoms with Crippen LogP contribution in [-0.2, 0) is 16.1 Å². The van der Waals surface area contributed by atoms with Crippen molar-refractivity contribution in [3.8, 4) is 17.4 Å². The van der Waals surface area contributed by atoms with E-state index >= 15 is 0 Å². The highest BCUT2D eigenvalue weighted by Crippen LogP contribution is 2.23. The van der Waals surface area contributed by atoms with Crippen LogP contribution in [0.4, 0.5) is 5.82 Å². The average Bonchev–Trinajstić information content (AvgIpc) is 3.28. The third-order valence-electron chi connectivity index (χ3n) is 4.77. The molecule has 0 spiro atoms. The van der Waals surface area contributed by atoms with Crippen LogP contribution in [0.25, 0.3) is 11.3 Å². The van der Waals surface area contributed by atoms with Gasteiger partial charge in [0.15, 0.2) is 5.82 Å². The van der Waals surface area contributed by atoms with Crippen molar-refractivity contribution in [1.82, 2.24) is 4.98 Å². The lowest BCUT2D eigenvalue weighted by molar-refractivity contribution is 0.0499. The summed E-state index contributed by atoms with van der Waals surface area (Å²) < 4.78 is 16.2. The lowest BCUT2D eigenvalue weighted by Crippen LogP contribution is -2.05. The number of aryl methyl sites for hydroxylation is 1. The van der Waals surface area contributed by atoms with Gasteiger partial charge in [0.25, 0.3) is 0 Å². The third-order valence-corrected chi connectivity index (χ3v) is 4.77. The molecule has 0 fully saturated rings. The number of hydrazone groups is 1. The molecule has 0 aliphatic heterocycles. The summed E-state index contributed by atoms with van der Waals surface area (Å²) in [4.78, 5) is 16.4. The lowest BCUT2D eigenvalue weighted by atomic mass is 10.1. The van der Waals surface area contributed by atoms with Crippen LogP contribution in [0.1, 0.15) is 52.7 Å². The molecule has 0 aliphatic rings. The molecule has 0 atom stereocenters. The van der Waals surface area contributed by atoms with Gasteiger partial charge in [-0.05, 0) is 43.7 Å². The number of furan rings is 1. The van der Waals surface area contributed by atoms with Gasteiger partial charge in [-0.2, -0.15) is 10.4 Å². The van der Waals surface area contributed by atoms with Gasteiger partial charge in [-0.1, -0.05) is 25.5 Å². The maximum absolute atomic E-state index is 12.0. The number of aromatic nitrogens is 1. The van der Waals surface area contributed by atoms with Gasteiger partial charge in [-0.3, -0.25) is 5.43 Å². The number of pyridine rings is 1. The highest BCUT2D eigenvalue weighted by Gasteiger charge is 2.11. The van der Waals surface area contributed by atoms with Gasteiger partial charge in [-0.15, -0.1) is 0 Å². The Morgan fingerprint density at radius 2 is 2.06 bits per heavy atom. The Labute approximate surface area is 192 Å². The molecule has 8 nitrogen and oxygen atoms in total. The molecule has 0 amide bonds. The van der Waals surface area contributed by atoms with Crippen LogP contribution in [0.2, 0.25) is 0 Å². The molecule has 8 heteroatoms. The number of nitrogens with zero attached hydrogens (tertiary/aromatic N) is 3. The van der Waals surface area contributed by atoms with E-state index in [9.17, 15) is 10.1 Å². The van der Waals surface area contributed by atoms with E-state index in [0.717, 1.165) is 29.7 Å². The van der Waals surface area contributed by atoms with E-state index in [1.54, 1.807) is 25.3 Å². The fourth-order valence-electron chi connectivity index (χ4n) is 3.11. The molecule has 3 rings (SSSR count). The van der Waals surface area contributed by atoms with Crippen molar-refractivity contribution in [3.05, 3.63) is 70.6 Å². The first-order valence-corrected chi connectivity index (χ1v) is 10.6. The summed E-state index contributed by atoms with van der Waals surface area (Å²) in [5, 5.41) is 13.6. The molecule has 0 aliphatic carbocycles. The van der Waals surface area contributed by atoms with Crippen molar-refractivity contribution < 1.29 is 18.7 Å². The number of hydrogen-bond donors (Lipinski definition) is 1. The van der Waals surface area contributed by atoms with Gasteiger partial charge < -0.3 is 13.9 Å². The fraction of sp³-hybridized carbons (Fsp3) is 0.280. The van der Waals surface area contributed by atoms with Gasteiger partial charge in [0.05, 0.1) is 25.0 Å². The predicted octanol–water partition coefficient (Wildman–Crippen LogP) is 5.07. The second kappa shape index (κ2) is 11.6. The number of benzene rings is 1. The Kier molecular flexibility index (Phi) is 8.33. The molecule has 0 bridgehead atoms.